The lowest BCUT2D eigenvalue weighted by atomic mass is 9.70. The second-order valence-corrected chi connectivity index (χ2v) is 22.6. The first-order chi connectivity index (χ1) is 25.2. The number of allylic oxidation sites excluding steroid dienone is 1. The van der Waals surface area contributed by atoms with Crippen LogP contribution in [-0.4, -0.2) is 77.3 Å². The second-order valence-electron chi connectivity index (χ2n) is 19.9. The molecule has 1 heterocycles. The minimum absolute atomic E-state index is 0.0616. The summed E-state index contributed by atoms with van der Waals surface area (Å²) in [5.74, 6) is -1.87. The van der Waals surface area contributed by atoms with Gasteiger partial charge >= 0.3 is 6.03 Å². The van der Waals surface area contributed by atoms with E-state index in [0.717, 1.165) is 77.0 Å². The minimum Gasteiger partial charge on any atom is -0.332 e. The van der Waals surface area contributed by atoms with Crippen molar-refractivity contribution in [2.45, 2.75) is 179 Å². The lowest BCUT2D eigenvalue weighted by Gasteiger charge is -2.44. The molecule has 5 aliphatic rings. The average Bonchev–Trinajstić information content (AvgIpc) is 3.75. The standard InChI is InChI=1S/C43H69N3O7S/c1-8-9-16-33(47)36(49)30(25-29-17-18-29)26-34(48)35-31-19-24-41(5,6)32(31)27-46(35)38(50)37(42(7)20-12-10-13-21-42)44-39(51)45-43(22-14-11-15-23-43)28-54(52,53)40(2,3)4/h8,29-32,35,37H,1,9-28H2,2-7H3,(H2,44,45,51)/t30?,31-,32-,35-,37+/m0/s1. The van der Waals surface area contributed by atoms with Crippen LogP contribution in [0.4, 0.5) is 4.79 Å². The summed E-state index contributed by atoms with van der Waals surface area (Å²) in [7, 11) is -3.56. The van der Waals surface area contributed by atoms with E-state index in [1.807, 2.05) is 0 Å². The van der Waals surface area contributed by atoms with Crippen molar-refractivity contribution in [1.82, 2.24) is 15.5 Å². The number of urea groups is 1. The number of hydrogen-bond donors (Lipinski definition) is 2. The number of Topliss-reactive ketones (excluding diaryl/α,β-unsaturated/α-hetero) is 3. The molecule has 4 saturated carbocycles. The van der Waals surface area contributed by atoms with Crippen molar-refractivity contribution in [2.24, 2.45) is 34.5 Å². The molecule has 3 amide bonds. The molecule has 0 spiro atoms. The molecule has 1 saturated heterocycles. The molecule has 5 atom stereocenters. The highest BCUT2D eigenvalue weighted by Gasteiger charge is 2.58. The van der Waals surface area contributed by atoms with Gasteiger partial charge in [-0.2, -0.15) is 0 Å². The van der Waals surface area contributed by atoms with Crippen LogP contribution in [0.25, 0.3) is 0 Å². The highest BCUT2D eigenvalue weighted by Crippen LogP contribution is 2.54. The Hall–Kier alpha value is -2.56. The van der Waals surface area contributed by atoms with E-state index in [0.29, 0.717) is 38.1 Å². The van der Waals surface area contributed by atoms with E-state index in [2.05, 4.69) is 38.0 Å². The minimum atomic E-state index is -3.56. The Balaban J connectivity index is 1.44. The number of fused-ring (bicyclic) bond motifs is 1. The van der Waals surface area contributed by atoms with E-state index in [-0.39, 0.29) is 47.5 Å². The van der Waals surface area contributed by atoms with Crippen LogP contribution in [0.5, 0.6) is 0 Å². The van der Waals surface area contributed by atoms with Crippen LogP contribution in [0.1, 0.15) is 157 Å². The van der Waals surface area contributed by atoms with Crippen LogP contribution >= 0.6 is 0 Å². The molecule has 0 aromatic rings. The molecule has 304 valence electrons. The van der Waals surface area contributed by atoms with Crippen LogP contribution in [0.15, 0.2) is 12.7 Å². The van der Waals surface area contributed by atoms with Crippen LogP contribution in [0.3, 0.4) is 0 Å². The maximum absolute atomic E-state index is 15.2. The fourth-order valence-corrected chi connectivity index (χ4v) is 11.8. The Labute approximate surface area is 325 Å². The fraction of sp³-hybridized carbons (Fsp3) is 0.837. The van der Waals surface area contributed by atoms with Crippen molar-refractivity contribution in [3.63, 3.8) is 0 Å². The summed E-state index contributed by atoms with van der Waals surface area (Å²) in [6.07, 6.45) is 14.3. The van der Waals surface area contributed by atoms with E-state index in [4.69, 9.17) is 0 Å². The summed E-state index contributed by atoms with van der Waals surface area (Å²) in [4.78, 5) is 72.3. The van der Waals surface area contributed by atoms with E-state index in [9.17, 15) is 27.6 Å². The van der Waals surface area contributed by atoms with Crippen molar-refractivity contribution < 1.29 is 32.4 Å². The molecule has 1 aliphatic heterocycles. The summed E-state index contributed by atoms with van der Waals surface area (Å²) >= 11 is 0. The maximum atomic E-state index is 15.2. The molecular weight excluding hydrogens is 703 g/mol. The Morgan fingerprint density at radius 3 is 2.07 bits per heavy atom. The molecule has 5 rings (SSSR count). The number of nitrogens with one attached hydrogen (secondary N) is 2. The lowest BCUT2D eigenvalue weighted by Crippen LogP contribution is -2.64. The molecule has 4 aliphatic carbocycles. The van der Waals surface area contributed by atoms with E-state index < -0.39 is 61.1 Å². The normalized spacial score (nSPS) is 27.3. The molecule has 10 nitrogen and oxygen atoms in total. The van der Waals surface area contributed by atoms with E-state index in [1.165, 1.54) is 0 Å². The molecule has 1 unspecified atom stereocenters. The van der Waals surface area contributed by atoms with E-state index in [1.54, 1.807) is 31.7 Å². The van der Waals surface area contributed by atoms with Crippen LogP contribution in [-0.2, 0) is 29.0 Å². The Bertz CT molecular complexity index is 1550. The largest absolute Gasteiger partial charge is 0.332 e. The number of amides is 3. The third-order valence-corrected chi connectivity index (χ3v) is 17.0. The van der Waals surface area contributed by atoms with Crippen LogP contribution in [0, 0.1) is 34.5 Å². The van der Waals surface area contributed by atoms with Crippen molar-refractivity contribution in [1.29, 1.82) is 0 Å². The first-order valence-electron chi connectivity index (χ1n) is 21.0. The van der Waals surface area contributed by atoms with Crippen molar-refractivity contribution >= 4 is 39.1 Å². The van der Waals surface area contributed by atoms with Gasteiger partial charge in [-0.3, -0.25) is 19.2 Å². The topological polar surface area (TPSA) is 147 Å². The van der Waals surface area contributed by atoms with Gasteiger partial charge in [0.1, 0.15) is 6.04 Å². The molecule has 2 N–H and O–H groups in total. The van der Waals surface area contributed by atoms with Gasteiger partial charge in [0.05, 0.1) is 22.1 Å². The molecule has 5 fully saturated rings. The van der Waals surface area contributed by atoms with E-state index >= 15 is 4.79 Å². The molecule has 0 bridgehead atoms. The highest BCUT2D eigenvalue weighted by atomic mass is 32.2. The molecule has 54 heavy (non-hydrogen) atoms. The summed E-state index contributed by atoms with van der Waals surface area (Å²) in [6.45, 7) is 15.6. The monoisotopic (exact) mass is 771 g/mol. The predicted octanol–water partition coefficient (Wildman–Crippen LogP) is 7.28. The summed E-state index contributed by atoms with van der Waals surface area (Å²) < 4.78 is 26.1. The number of nitrogens with zero attached hydrogens (tertiary/aromatic N) is 1. The number of carbonyl (C=O) groups is 5. The van der Waals surface area contributed by atoms with Gasteiger partial charge in [-0.15, -0.1) is 6.58 Å². The van der Waals surface area contributed by atoms with Crippen molar-refractivity contribution in [2.75, 3.05) is 12.3 Å². The summed E-state index contributed by atoms with van der Waals surface area (Å²) in [6, 6.07) is -2.19. The number of sulfone groups is 1. The summed E-state index contributed by atoms with van der Waals surface area (Å²) in [5, 5.41) is 6.25. The zero-order valence-corrected chi connectivity index (χ0v) is 34.9. The van der Waals surface area contributed by atoms with Gasteiger partial charge in [-0.25, -0.2) is 13.2 Å². The quantitative estimate of drug-likeness (QED) is 0.124. The number of carbonyl (C=O) groups excluding carboxylic acids is 5. The molecule has 0 radical (unpaired) electrons. The smallest absolute Gasteiger partial charge is 0.315 e. The number of rotatable bonds is 16. The highest BCUT2D eigenvalue weighted by molar-refractivity contribution is 7.92. The summed E-state index contributed by atoms with van der Waals surface area (Å²) in [5.41, 5.74) is -1.59. The molecule has 11 heteroatoms. The molecular formula is C43H69N3O7S. The third kappa shape index (κ3) is 9.51. The first kappa shape index (κ1) is 42.6. The Kier molecular flexibility index (Phi) is 13.0. The van der Waals surface area contributed by atoms with Crippen LogP contribution in [0.2, 0.25) is 0 Å². The van der Waals surface area contributed by atoms with Gasteiger partial charge in [0.15, 0.2) is 21.4 Å². The number of hydrogen-bond acceptors (Lipinski definition) is 7. The van der Waals surface area contributed by atoms with Gasteiger partial charge in [-0.05, 0) is 101 Å². The maximum Gasteiger partial charge on any atom is 0.315 e. The SMILES string of the molecule is C=CCCC(=O)C(=O)C(CC(=O)[C@@H]1[C@H]2CCC(C)(C)[C@H]2CN1C(=O)[C@@H](NC(=O)NC1(CS(=O)(=O)C(C)(C)C)CCCCC1)C1(C)CCCCC1)CC1CC1. The fourth-order valence-electron chi connectivity index (χ4n) is 10.3. The lowest BCUT2D eigenvalue weighted by molar-refractivity contribution is -0.144. The number of ketones is 3. The number of likely N-dealkylation sites (tertiary alicyclic amines) is 1. The van der Waals surface area contributed by atoms with Crippen LogP contribution < -0.4 is 10.6 Å². The van der Waals surface area contributed by atoms with Gasteiger partial charge in [0.25, 0.3) is 0 Å². The Morgan fingerprint density at radius 2 is 1.50 bits per heavy atom. The first-order valence-corrected chi connectivity index (χ1v) is 22.7. The van der Waals surface area contributed by atoms with Gasteiger partial charge in [0, 0.05) is 25.3 Å². The van der Waals surface area contributed by atoms with Gasteiger partial charge < -0.3 is 15.5 Å². The predicted molar refractivity (Wildman–Crippen MR) is 211 cm³/mol. The van der Waals surface area contributed by atoms with Crippen molar-refractivity contribution in [3.8, 4) is 0 Å². The van der Waals surface area contributed by atoms with Crippen molar-refractivity contribution in [3.05, 3.63) is 12.7 Å². The molecule has 0 aromatic heterocycles. The zero-order valence-electron chi connectivity index (χ0n) is 34.1. The third-order valence-electron chi connectivity index (χ3n) is 14.2. The molecule has 0 aromatic carbocycles. The Morgan fingerprint density at radius 1 is 0.889 bits per heavy atom. The van der Waals surface area contributed by atoms with Gasteiger partial charge in [0.2, 0.25) is 11.7 Å². The second kappa shape index (κ2) is 16.5. The average molecular weight is 772 g/mol. The van der Waals surface area contributed by atoms with Gasteiger partial charge in [-0.1, -0.05) is 78.2 Å². The zero-order chi connectivity index (χ0) is 39.7.